The summed E-state index contributed by atoms with van der Waals surface area (Å²) in [5.41, 5.74) is 1.30. The zero-order chi connectivity index (χ0) is 11.4. The fourth-order valence-corrected chi connectivity index (χ4v) is 1.14. The molecule has 0 aromatic carbocycles. The summed E-state index contributed by atoms with van der Waals surface area (Å²) >= 11 is 0. The first-order valence-electron chi connectivity index (χ1n) is 4.48. The van der Waals surface area contributed by atoms with Crippen molar-refractivity contribution in [3.05, 3.63) is 36.7 Å². The molecule has 6 nitrogen and oxygen atoms in total. The summed E-state index contributed by atoms with van der Waals surface area (Å²) < 4.78 is 4.56. The van der Waals surface area contributed by atoms with Gasteiger partial charge in [-0.2, -0.15) is 0 Å². The topological polar surface area (TPSA) is 77.9 Å². The predicted octanol–water partition coefficient (Wildman–Crippen LogP) is 0.720. The SMILES string of the molecule is COC(=O)c1cc(-c2cnccn2)ncn1. The largest absolute Gasteiger partial charge is 0.464 e. The monoisotopic (exact) mass is 216 g/mol. The first-order chi connectivity index (χ1) is 7.81. The van der Waals surface area contributed by atoms with Crippen LogP contribution in [0.1, 0.15) is 10.5 Å². The second-order valence-electron chi connectivity index (χ2n) is 2.87. The first-order valence-corrected chi connectivity index (χ1v) is 4.48. The molecule has 80 valence electrons. The molecule has 0 amide bonds. The van der Waals surface area contributed by atoms with Gasteiger partial charge in [0, 0.05) is 12.4 Å². The number of aromatic nitrogens is 4. The number of methoxy groups -OCH3 is 1. The lowest BCUT2D eigenvalue weighted by Crippen LogP contribution is -2.05. The lowest BCUT2D eigenvalue weighted by atomic mass is 10.2. The van der Waals surface area contributed by atoms with E-state index in [9.17, 15) is 4.79 Å². The van der Waals surface area contributed by atoms with Gasteiger partial charge < -0.3 is 4.74 Å². The zero-order valence-electron chi connectivity index (χ0n) is 8.49. The van der Waals surface area contributed by atoms with Crippen LogP contribution in [0.4, 0.5) is 0 Å². The molecule has 2 aromatic rings. The van der Waals surface area contributed by atoms with Crippen molar-refractivity contribution in [1.82, 2.24) is 19.9 Å². The van der Waals surface area contributed by atoms with Gasteiger partial charge in [0.2, 0.25) is 0 Å². The molecule has 2 rings (SSSR count). The molecule has 0 fully saturated rings. The molecule has 0 saturated carbocycles. The molecular formula is C10H8N4O2. The van der Waals surface area contributed by atoms with Crippen LogP contribution < -0.4 is 0 Å². The van der Waals surface area contributed by atoms with Crippen LogP contribution in [0.15, 0.2) is 31.0 Å². The van der Waals surface area contributed by atoms with Gasteiger partial charge in [-0.15, -0.1) is 0 Å². The third-order valence-corrected chi connectivity index (χ3v) is 1.89. The molecule has 0 saturated heterocycles. The summed E-state index contributed by atoms with van der Waals surface area (Å²) in [7, 11) is 1.30. The Labute approximate surface area is 91.4 Å². The van der Waals surface area contributed by atoms with Crippen molar-refractivity contribution in [2.24, 2.45) is 0 Å². The fraction of sp³-hybridized carbons (Fsp3) is 0.100. The minimum atomic E-state index is -0.507. The van der Waals surface area contributed by atoms with Gasteiger partial charge in [-0.05, 0) is 6.07 Å². The molecule has 0 spiro atoms. The Balaban J connectivity index is 2.40. The molecule has 0 aliphatic rings. The fourth-order valence-electron chi connectivity index (χ4n) is 1.14. The number of carbonyl (C=O) groups excluding carboxylic acids is 1. The normalized spacial score (nSPS) is 9.81. The van der Waals surface area contributed by atoms with Crippen molar-refractivity contribution in [2.75, 3.05) is 7.11 Å². The lowest BCUT2D eigenvalue weighted by Gasteiger charge is -2.00. The maximum atomic E-state index is 11.2. The van der Waals surface area contributed by atoms with Crippen molar-refractivity contribution >= 4 is 5.97 Å². The smallest absolute Gasteiger partial charge is 0.356 e. The Morgan fingerprint density at radius 3 is 2.75 bits per heavy atom. The Morgan fingerprint density at radius 2 is 2.06 bits per heavy atom. The van der Waals surface area contributed by atoms with E-state index in [2.05, 4.69) is 24.7 Å². The van der Waals surface area contributed by atoms with Gasteiger partial charge >= 0.3 is 5.97 Å². The van der Waals surface area contributed by atoms with Gasteiger partial charge in [0.15, 0.2) is 5.69 Å². The van der Waals surface area contributed by atoms with Crippen molar-refractivity contribution < 1.29 is 9.53 Å². The maximum absolute atomic E-state index is 11.2. The maximum Gasteiger partial charge on any atom is 0.356 e. The molecule has 0 N–H and O–H groups in total. The Morgan fingerprint density at radius 1 is 1.19 bits per heavy atom. The van der Waals surface area contributed by atoms with Crippen LogP contribution in [0, 0.1) is 0 Å². The van der Waals surface area contributed by atoms with E-state index in [0.717, 1.165) is 0 Å². The predicted molar refractivity (Wildman–Crippen MR) is 54.4 cm³/mol. The molecule has 2 aromatic heterocycles. The van der Waals surface area contributed by atoms with Crippen molar-refractivity contribution in [2.45, 2.75) is 0 Å². The average Bonchev–Trinajstić information content (AvgIpc) is 2.39. The third kappa shape index (κ3) is 2.00. The van der Waals surface area contributed by atoms with Crippen LogP contribution >= 0.6 is 0 Å². The molecule has 16 heavy (non-hydrogen) atoms. The van der Waals surface area contributed by atoms with Crippen LogP contribution in [-0.4, -0.2) is 33.0 Å². The van der Waals surface area contributed by atoms with Gasteiger partial charge in [0.1, 0.15) is 12.0 Å². The highest BCUT2D eigenvalue weighted by molar-refractivity contribution is 5.88. The second-order valence-corrected chi connectivity index (χ2v) is 2.87. The Bertz CT molecular complexity index is 501. The molecule has 0 radical (unpaired) electrons. The summed E-state index contributed by atoms with van der Waals surface area (Å²) in [4.78, 5) is 27.0. The van der Waals surface area contributed by atoms with Crippen LogP contribution in [0.5, 0.6) is 0 Å². The van der Waals surface area contributed by atoms with Crippen LogP contribution in [-0.2, 0) is 4.74 Å². The molecule has 0 unspecified atom stereocenters. The molecule has 0 aliphatic heterocycles. The molecule has 6 heteroatoms. The lowest BCUT2D eigenvalue weighted by molar-refractivity contribution is 0.0594. The minimum Gasteiger partial charge on any atom is -0.464 e. The quantitative estimate of drug-likeness (QED) is 0.688. The number of hydrogen-bond donors (Lipinski definition) is 0. The first kappa shape index (κ1) is 10.2. The minimum absolute atomic E-state index is 0.193. The highest BCUT2D eigenvalue weighted by Crippen LogP contribution is 2.12. The highest BCUT2D eigenvalue weighted by Gasteiger charge is 2.09. The van der Waals surface area contributed by atoms with E-state index in [0.29, 0.717) is 11.4 Å². The number of rotatable bonds is 2. The van der Waals surface area contributed by atoms with E-state index < -0.39 is 5.97 Å². The van der Waals surface area contributed by atoms with Gasteiger partial charge in [-0.1, -0.05) is 0 Å². The number of nitrogens with zero attached hydrogens (tertiary/aromatic N) is 4. The number of carbonyl (C=O) groups is 1. The van der Waals surface area contributed by atoms with E-state index >= 15 is 0 Å². The van der Waals surface area contributed by atoms with Gasteiger partial charge in [-0.3, -0.25) is 9.97 Å². The average molecular weight is 216 g/mol. The van der Waals surface area contributed by atoms with E-state index in [1.165, 1.54) is 19.5 Å². The Kier molecular flexibility index (Phi) is 2.81. The van der Waals surface area contributed by atoms with Crippen molar-refractivity contribution in [1.29, 1.82) is 0 Å². The summed E-state index contributed by atoms with van der Waals surface area (Å²) in [5, 5.41) is 0. The van der Waals surface area contributed by atoms with E-state index in [1.807, 2.05) is 0 Å². The summed E-state index contributed by atoms with van der Waals surface area (Å²) in [6, 6.07) is 1.51. The van der Waals surface area contributed by atoms with Gasteiger partial charge in [0.25, 0.3) is 0 Å². The zero-order valence-corrected chi connectivity index (χ0v) is 8.49. The summed E-state index contributed by atoms with van der Waals surface area (Å²) in [6.45, 7) is 0. The molecule has 0 bridgehead atoms. The van der Waals surface area contributed by atoms with Gasteiger partial charge in [-0.25, -0.2) is 14.8 Å². The molecular weight excluding hydrogens is 208 g/mol. The molecule has 0 atom stereocenters. The summed E-state index contributed by atoms with van der Waals surface area (Å²) in [5.74, 6) is -0.507. The van der Waals surface area contributed by atoms with Crippen LogP contribution in [0.2, 0.25) is 0 Å². The number of hydrogen-bond acceptors (Lipinski definition) is 6. The molecule has 0 aliphatic carbocycles. The summed E-state index contributed by atoms with van der Waals surface area (Å²) in [6.07, 6.45) is 5.96. The van der Waals surface area contributed by atoms with Crippen LogP contribution in [0.3, 0.4) is 0 Å². The standard InChI is InChI=1S/C10H8N4O2/c1-16-10(15)8-4-7(13-6-14-8)9-5-11-2-3-12-9/h2-6H,1H3. The van der Waals surface area contributed by atoms with Crippen molar-refractivity contribution in [3.8, 4) is 11.4 Å². The van der Waals surface area contributed by atoms with Crippen LogP contribution in [0.25, 0.3) is 11.4 Å². The van der Waals surface area contributed by atoms with Crippen molar-refractivity contribution in [3.63, 3.8) is 0 Å². The van der Waals surface area contributed by atoms with E-state index in [1.54, 1.807) is 18.6 Å². The van der Waals surface area contributed by atoms with E-state index in [-0.39, 0.29) is 5.69 Å². The molecule has 2 heterocycles. The number of esters is 1. The second kappa shape index (κ2) is 4.43. The number of ether oxygens (including phenoxy) is 1. The van der Waals surface area contributed by atoms with Gasteiger partial charge in [0.05, 0.1) is 19.0 Å². The Hall–Kier alpha value is -2.37. The van der Waals surface area contributed by atoms with E-state index in [4.69, 9.17) is 0 Å². The third-order valence-electron chi connectivity index (χ3n) is 1.89. The highest BCUT2D eigenvalue weighted by atomic mass is 16.5.